The zero-order valence-electron chi connectivity index (χ0n) is 23.0. The average Bonchev–Trinajstić information content (AvgIpc) is 3.67. The van der Waals surface area contributed by atoms with Gasteiger partial charge in [-0.2, -0.15) is 0 Å². The van der Waals surface area contributed by atoms with E-state index in [4.69, 9.17) is 24.8 Å². The quantitative estimate of drug-likeness (QED) is 0.172. The lowest BCUT2D eigenvalue weighted by Crippen LogP contribution is -2.42. The Morgan fingerprint density at radius 3 is 2.26 bits per heavy atom. The fourth-order valence-corrected chi connectivity index (χ4v) is 4.27. The molecule has 42 heavy (non-hydrogen) atoms. The van der Waals surface area contributed by atoms with Crippen molar-refractivity contribution in [3.8, 4) is 5.69 Å². The van der Waals surface area contributed by atoms with Crippen molar-refractivity contribution in [2.24, 2.45) is 0 Å². The van der Waals surface area contributed by atoms with Crippen LogP contribution < -0.4 is 0 Å². The number of carbonyl (C=O) groups is 3. The third-order valence-corrected chi connectivity index (χ3v) is 6.24. The first-order valence-corrected chi connectivity index (χ1v) is 13.0. The highest BCUT2D eigenvalue weighted by Crippen LogP contribution is 2.20. The molecule has 0 amide bonds. The molecule has 4 N–H and O–H groups in total. The molecule has 4 rings (SSSR count). The van der Waals surface area contributed by atoms with Crippen LogP contribution in [0.1, 0.15) is 36.5 Å². The average molecular weight is 585 g/mol. The first-order valence-electron chi connectivity index (χ1n) is 13.0. The molecule has 224 valence electrons. The number of benzene rings is 1. The third kappa shape index (κ3) is 9.42. The number of para-hydroxylation sites is 1. The van der Waals surface area contributed by atoms with E-state index in [-0.39, 0.29) is 5.82 Å². The molecular weight excluding hydrogens is 551 g/mol. The van der Waals surface area contributed by atoms with E-state index in [1.54, 1.807) is 18.3 Å². The zero-order valence-corrected chi connectivity index (χ0v) is 23.0. The summed E-state index contributed by atoms with van der Waals surface area (Å²) >= 11 is 0. The highest BCUT2D eigenvalue weighted by Gasteiger charge is 2.40. The molecule has 0 atom stereocenters. The number of rotatable bonds is 14. The smallest absolute Gasteiger partial charge is 0.336 e. The third-order valence-electron chi connectivity index (χ3n) is 6.24. The first kappa shape index (κ1) is 31.8. The van der Waals surface area contributed by atoms with Crippen LogP contribution in [0.25, 0.3) is 5.69 Å². The summed E-state index contributed by atoms with van der Waals surface area (Å²) in [5.41, 5.74) is -1.13. The predicted molar refractivity (Wildman–Crippen MR) is 147 cm³/mol. The van der Waals surface area contributed by atoms with Crippen molar-refractivity contribution in [2.45, 2.75) is 51.4 Å². The summed E-state index contributed by atoms with van der Waals surface area (Å²) in [6.07, 6.45) is 6.21. The van der Waals surface area contributed by atoms with E-state index in [0.717, 1.165) is 36.7 Å². The summed E-state index contributed by atoms with van der Waals surface area (Å²) in [4.78, 5) is 36.9. The van der Waals surface area contributed by atoms with Crippen LogP contribution >= 0.6 is 0 Å². The molecule has 0 bridgehead atoms. The van der Waals surface area contributed by atoms with E-state index >= 15 is 0 Å². The molecule has 0 aliphatic rings. The van der Waals surface area contributed by atoms with E-state index in [1.807, 2.05) is 60.5 Å². The van der Waals surface area contributed by atoms with Gasteiger partial charge in [0.05, 0.1) is 31.4 Å². The van der Waals surface area contributed by atoms with Gasteiger partial charge < -0.3 is 34.0 Å². The molecule has 0 radical (unpaired) electrons. The van der Waals surface area contributed by atoms with Gasteiger partial charge in [-0.05, 0) is 49.7 Å². The highest BCUT2D eigenvalue weighted by molar-refractivity contribution is 5.88. The summed E-state index contributed by atoms with van der Waals surface area (Å²) in [6.45, 7) is 5.16. The number of hydrogen-bond acceptors (Lipinski definition) is 7. The summed E-state index contributed by atoms with van der Waals surface area (Å²) < 4.78 is 24.1. The molecule has 4 aromatic rings. The maximum Gasteiger partial charge on any atom is 0.336 e. The second kappa shape index (κ2) is 14.8. The number of aliphatic carboxylic acids is 3. The minimum absolute atomic E-state index is 0.224. The van der Waals surface area contributed by atoms with Gasteiger partial charge in [-0.15, -0.1) is 0 Å². The number of aryl methyl sites for hydroxylation is 2. The van der Waals surface area contributed by atoms with Gasteiger partial charge in [0.15, 0.2) is 5.60 Å². The summed E-state index contributed by atoms with van der Waals surface area (Å²) in [7, 11) is 0. The summed E-state index contributed by atoms with van der Waals surface area (Å²) in [5, 5.41) is 33.8. The summed E-state index contributed by atoms with van der Waals surface area (Å²) in [6, 6.07) is 14.9. The molecule has 3 heterocycles. The van der Waals surface area contributed by atoms with Gasteiger partial charge in [-0.25, -0.2) is 14.2 Å². The van der Waals surface area contributed by atoms with Crippen LogP contribution in [0.3, 0.4) is 0 Å². The van der Waals surface area contributed by atoms with Crippen LogP contribution in [-0.4, -0.2) is 69.5 Å². The SMILES string of the molecule is Cc1ccc(CN(CCCn2ccnc2)Cc2cccn2-c2ccccc2F)o1.O=C(O)CC(O)(CC(=O)O)C(=O)O. The molecule has 12 nitrogen and oxygen atoms in total. The number of nitrogens with zero attached hydrogens (tertiary/aromatic N) is 4. The molecule has 0 aliphatic carbocycles. The zero-order chi connectivity index (χ0) is 30.7. The molecule has 1 aromatic carbocycles. The topological polar surface area (TPSA) is 171 Å². The van der Waals surface area contributed by atoms with E-state index in [0.29, 0.717) is 18.8 Å². The van der Waals surface area contributed by atoms with Crippen molar-refractivity contribution >= 4 is 17.9 Å². The Labute approximate surface area is 240 Å². The highest BCUT2D eigenvalue weighted by atomic mass is 19.1. The van der Waals surface area contributed by atoms with E-state index < -0.39 is 36.4 Å². The number of aliphatic hydroxyl groups is 1. The number of carboxylic acids is 3. The maximum absolute atomic E-state index is 14.3. The molecule has 0 aliphatic heterocycles. The molecule has 0 saturated heterocycles. The van der Waals surface area contributed by atoms with Crippen molar-refractivity contribution in [1.29, 1.82) is 0 Å². The molecule has 0 unspecified atom stereocenters. The molecular formula is C29H33FN4O8. The summed E-state index contributed by atoms with van der Waals surface area (Å²) in [5.74, 6) is -3.39. The lowest BCUT2D eigenvalue weighted by molar-refractivity contribution is -0.170. The van der Waals surface area contributed by atoms with Crippen LogP contribution in [0, 0.1) is 12.7 Å². The van der Waals surface area contributed by atoms with E-state index in [2.05, 4.69) is 14.5 Å². The largest absolute Gasteiger partial charge is 0.481 e. The van der Waals surface area contributed by atoms with Crippen molar-refractivity contribution in [3.63, 3.8) is 0 Å². The van der Waals surface area contributed by atoms with Crippen LogP contribution in [-0.2, 0) is 34.0 Å². The molecule has 0 spiro atoms. The van der Waals surface area contributed by atoms with E-state index in [1.165, 1.54) is 6.07 Å². The Hall–Kier alpha value is -4.75. The fraction of sp³-hybridized carbons (Fsp3) is 0.310. The van der Waals surface area contributed by atoms with Gasteiger partial charge in [0.25, 0.3) is 0 Å². The maximum atomic E-state index is 14.3. The Morgan fingerprint density at radius 2 is 1.69 bits per heavy atom. The number of halogens is 1. The molecule has 3 aromatic heterocycles. The van der Waals surface area contributed by atoms with Gasteiger partial charge in [0.2, 0.25) is 0 Å². The number of imidazole rings is 1. The van der Waals surface area contributed by atoms with Crippen LogP contribution in [0.2, 0.25) is 0 Å². The Bertz CT molecular complexity index is 1450. The van der Waals surface area contributed by atoms with Gasteiger partial charge >= 0.3 is 17.9 Å². The number of carboxylic acid groups (broad SMARTS) is 3. The monoisotopic (exact) mass is 584 g/mol. The molecule has 0 saturated carbocycles. The number of aromatic nitrogens is 3. The standard InChI is InChI=1S/C23H25FN4O.C6H8O7/c1-19-9-10-21(29-19)17-27(13-5-12-26-15-11-25-18-26)16-20-6-4-14-28(20)23-8-3-2-7-22(23)24;7-3(8)1-6(13,5(11)12)2-4(9)10/h2-4,6-11,14-15,18H,5,12-13,16-17H2,1H3;13H,1-2H2,(H,7,8)(H,9,10)(H,11,12). The Balaban J connectivity index is 0.000000316. The van der Waals surface area contributed by atoms with Gasteiger partial charge in [-0.1, -0.05) is 12.1 Å². The second-order valence-corrected chi connectivity index (χ2v) is 9.68. The van der Waals surface area contributed by atoms with Crippen molar-refractivity contribution in [1.82, 2.24) is 19.0 Å². The van der Waals surface area contributed by atoms with E-state index in [9.17, 15) is 18.8 Å². The number of furan rings is 1. The Morgan fingerprint density at radius 1 is 0.976 bits per heavy atom. The lowest BCUT2D eigenvalue weighted by Gasteiger charge is -2.22. The van der Waals surface area contributed by atoms with Crippen molar-refractivity contribution in [3.05, 3.63) is 96.5 Å². The molecule has 13 heteroatoms. The van der Waals surface area contributed by atoms with Gasteiger partial charge in [-0.3, -0.25) is 14.5 Å². The number of hydrogen-bond donors (Lipinski definition) is 4. The fourth-order valence-electron chi connectivity index (χ4n) is 4.27. The Kier molecular flexibility index (Phi) is 11.2. The lowest BCUT2D eigenvalue weighted by atomic mass is 9.96. The first-order chi connectivity index (χ1) is 20.0. The van der Waals surface area contributed by atoms with Crippen molar-refractivity contribution in [2.75, 3.05) is 6.54 Å². The molecule has 0 fully saturated rings. The minimum Gasteiger partial charge on any atom is -0.481 e. The minimum atomic E-state index is -2.74. The normalized spacial score (nSPS) is 11.2. The van der Waals surface area contributed by atoms with Crippen LogP contribution in [0.4, 0.5) is 4.39 Å². The van der Waals surface area contributed by atoms with Crippen molar-refractivity contribution < 1.29 is 43.6 Å². The van der Waals surface area contributed by atoms with Gasteiger partial charge in [0.1, 0.15) is 17.3 Å². The van der Waals surface area contributed by atoms with Crippen LogP contribution in [0.15, 0.2) is 77.9 Å². The second-order valence-electron chi connectivity index (χ2n) is 9.68. The van der Waals surface area contributed by atoms with Gasteiger partial charge in [0, 0.05) is 43.9 Å². The van der Waals surface area contributed by atoms with Crippen LogP contribution in [0.5, 0.6) is 0 Å². The predicted octanol–water partition coefficient (Wildman–Crippen LogP) is 3.56.